The summed E-state index contributed by atoms with van der Waals surface area (Å²) >= 11 is 0.741. The Kier molecular flexibility index (Phi) is 3.74. The molecule has 16 heavy (non-hydrogen) atoms. The molecule has 1 heterocycles. The molecular weight excluding hydrogens is 232 g/mol. The summed E-state index contributed by atoms with van der Waals surface area (Å²) in [6.45, 7) is 0. The number of carbonyl (C=O) groups excluding carboxylic acids is 2. The van der Waals surface area contributed by atoms with Gasteiger partial charge in [0.1, 0.15) is 5.56 Å². The van der Waals surface area contributed by atoms with Crippen LogP contribution in [0.15, 0.2) is 6.07 Å². The molecule has 0 aliphatic heterocycles. The SMILES string of the molecule is NC(=O)CC#Cc1cc(C=O)sc1[N+](=O)[O-]. The predicted molar refractivity (Wildman–Crippen MR) is 57.1 cm³/mol. The summed E-state index contributed by atoms with van der Waals surface area (Å²) in [5.41, 5.74) is 4.98. The van der Waals surface area contributed by atoms with Crippen molar-refractivity contribution in [2.24, 2.45) is 5.73 Å². The maximum Gasteiger partial charge on any atom is 0.340 e. The van der Waals surface area contributed by atoms with E-state index in [2.05, 4.69) is 11.8 Å². The fourth-order valence-electron chi connectivity index (χ4n) is 0.910. The van der Waals surface area contributed by atoms with E-state index in [0.29, 0.717) is 6.29 Å². The Morgan fingerprint density at radius 1 is 1.69 bits per heavy atom. The molecule has 1 aromatic rings. The van der Waals surface area contributed by atoms with Crippen LogP contribution in [0.5, 0.6) is 0 Å². The first-order valence-electron chi connectivity index (χ1n) is 4.05. The average molecular weight is 238 g/mol. The van der Waals surface area contributed by atoms with Crippen LogP contribution >= 0.6 is 11.3 Å². The van der Waals surface area contributed by atoms with Gasteiger partial charge in [0.05, 0.1) is 16.2 Å². The molecule has 1 rings (SSSR count). The van der Waals surface area contributed by atoms with Gasteiger partial charge in [-0.05, 0) is 6.07 Å². The standard InChI is InChI=1S/C9H6N2O4S/c10-8(13)3-1-2-6-4-7(5-12)16-9(6)11(14)15/h4-5H,3H2,(H2,10,13). The number of carbonyl (C=O) groups is 2. The van der Waals surface area contributed by atoms with Crippen molar-refractivity contribution in [2.75, 3.05) is 0 Å². The van der Waals surface area contributed by atoms with E-state index < -0.39 is 10.8 Å². The first-order valence-corrected chi connectivity index (χ1v) is 4.87. The second kappa shape index (κ2) is 5.04. The summed E-state index contributed by atoms with van der Waals surface area (Å²) in [5, 5.41) is 10.4. The summed E-state index contributed by atoms with van der Waals surface area (Å²) in [5.74, 6) is 4.23. The zero-order valence-corrected chi connectivity index (χ0v) is 8.74. The monoisotopic (exact) mass is 238 g/mol. The van der Waals surface area contributed by atoms with E-state index >= 15 is 0 Å². The molecule has 2 N–H and O–H groups in total. The summed E-state index contributed by atoms with van der Waals surface area (Å²) in [4.78, 5) is 31.0. The smallest absolute Gasteiger partial charge is 0.340 e. The molecule has 0 bridgehead atoms. The lowest BCUT2D eigenvalue weighted by atomic mass is 10.3. The van der Waals surface area contributed by atoms with Crippen LogP contribution in [-0.4, -0.2) is 17.1 Å². The third-order valence-electron chi connectivity index (χ3n) is 1.50. The molecule has 0 aliphatic rings. The van der Waals surface area contributed by atoms with Crippen LogP contribution in [0.4, 0.5) is 5.00 Å². The number of nitro groups is 1. The number of primary amides is 1. The van der Waals surface area contributed by atoms with Gasteiger partial charge in [-0.25, -0.2) is 0 Å². The third-order valence-corrected chi connectivity index (χ3v) is 2.51. The van der Waals surface area contributed by atoms with Gasteiger partial charge in [-0.2, -0.15) is 0 Å². The minimum atomic E-state index is -0.619. The molecule has 0 saturated heterocycles. The van der Waals surface area contributed by atoms with Crippen molar-refractivity contribution < 1.29 is 14.5 Å². The number of rotatable bonds is 3. The van der Waals surface area contributed by atoms with Crippen LogP contribution < -0.4 is 5.73 Å². The van der Waals surface area contributed by atoms with E-state index in [0.717, 1.165) is 11.3 Å². The lowest BCUT2D eigenvalue weighted by Crippen LogP contribution is -2.08. The molecule has 1 amide bonds. The second-order valence-corrected chi connectivity index (χ2v) is 3.75. The van der Waals surface area contributed by atoms with Gasteiger partial charge in [0.25, 0.3) is 0 Å². The van der Waals surface area contributed by atoms with E-state index in [9.17, 15) is 19.7 Å². The summed E-state index contributed by atoms with van der Waals surface area (Å²) in [6, 6.07) is 1.31. The fraction of sp³-hybridized carbons (Fsp3) is 0.111. The Bertz CT molecular complexity index is 509. The summed E-state index contributed by atoms with van der Waals surface area (Å²) in [7, 11) is 0. The van der Waals surface area contributed by atoms with Gasteiger partial charge in [0.15, 0.2) is 6.29 Å². The van der Waals surface area contributed by atoms with E-state index in [-0.39, 0.29) is 21.9 Å². The topological polar surface area (TPSA) is 103 Å². The second-order valence-electron chi connectivity index (χ2n) is 2.69. The highest BCUT2D eigenvalue weighted by Crippen LogP contribution is 2.28. The number of nitrogens with two attached hydrogens (primary N) is 1. The zero-order valence-electron chi connectivity index (χ0n) is 7.93. The Balaban J connectivity index is 3.05. The van der Waals surface area contributed by atoms with Crippen molar-refractivity contribution in [3.8, 4) is 11.8 Å². The lowest BCUT2D eigenvalue weighted by Gasteiger charge is -1.84. The first-order chi connectivity index (χ1) is 7.54. The Morgan fingerprint density at radius 2 is 2.38 bits per heavy atom. The maximum absolute atomic E-state index is 10.6. The summed E-state index contributed by atoms with van der Waals surface area (Å²) < 4.78 is 0. The van der Waals surface area contributed by atoms with Crippen molar-refractivity contribution in [3.63, 3.8) is 0 Å². The molecule has 82 valence electrons. The molecule has 0 aliphatic carbocycles. The van der Waals surface area contributed by atoms with Gasteiger partial charge in [0, 0.05) is 0 Å². The molecule has 0 aromatic carbocycles. The van der Waals surface area contributed by atoms with Crippen LogP contribution in [0.1, 0.15) is 21.7 Å². The van der Waals surface area contributed by atoms with Gasteiger partial charge in [-0.3, -0.25) is 19.7 Å². The molecule has 7 heteroatoms. The van der Waals surface area contributed by atoms with Gasteiger partial charge in [-0.15, -0.1) is 0 Å². The highest BCUT2D eigenvalue weighted by molar-refractivity contribution is 7.17. The van der Waals surface area contributed by atoms with Crippen molar-refractivity contribution in [1.29, 1.82) is 0 Å². The van der Waals surface area contributed by atoms with E-state index in [4.69, 9.17) is 5.73 Å². The number of aldehydes is 1. The Hall–Kier alpha value is -2.20. The van der Waals surface area contributed by atoms with Crippen LogP contribution in [0, 0.1) is 22.0 Å². The Morgan fingerprint density at radius 3 is 2.88 bits per heavy atom. The molecule has 0 spiro atoms. The first kappa shape index (κ1) is 11.9. The predicted octanol–water partition coefficient (Wildman–Crippen LogP) is 0.696. The van der Waals surface area contributed by atoms with Gasteiger partial charge in [0.2, 0.25) is 5.91 Å². The van der Waals surface area contributed by atoms with Crippen LogP contribution in [0.2, 0.25) is 0 Å². The minimum absolute atomic E-state index is 0.123. The molecule has 0 unspecified atom stereocenters. The normalized spacial score (nSPS) is 9.00. The number of amides is 1. The number of nitrogens with zero attached hydrogens (tertiary/aromatic N) is 1. The highest BCUT2D eigenvalue weighted by atomic mass is 32.1. The molecule has 0 fully saturated rings. The number of hydrogen-bond acceptors (Lipinski definition) is 5. The van der Waals surface area contributed by atoms with Crippen molar-refractivity contribution in [3.05, 3.63) is 26.6 Å². The highest BCUT2D eigenvalue weighted by Gasteiger charge is 2.17. The molecular formula is C9H6N2O4S. The van der Waals surface area contributed by atoms with Crippen LogP contribution in [-0.2, 0) is 4.79 Å². The lowest BCUT2D eigenvalue weighted by molar-refractivity contribution is -0.380. The Labute approximate surface area is 94.2 Å². The maximum atomic E-state index is 10.6. The van der Waals surface area contributed by atoms with E-state index in [1.807, 2.05) is 0 Å². The van der Waals surface area contributed by atoms with Gasteiger partial charge < -0.3 is 5.73 Å². The number of thiophene rings is 1. The van der Waals surface area contributed by atoms with E-state index in [1.165, 1.54) is 6.07 Å². The third kappa shape index (κ3) is 2.90. The largest absolute Gasteiger partial charge is 0.369 e. The fourth-order valence-corrected chi connectivity index (χ4v) is 1.65. The van der Waals surface area contributed by atoms with Gasteiger partial charge >= 0.3 is 5.00 Å². The van der Waals surface area contributed by atoms with E-state index in [1.54, 1.807) is 0 Å². The quantitative estimate of drug-likeness (QED) is 0.362. The molecule has 1 aromatic heterocycles. The van der Waals surface area contributed by atoms with Crippen molar-refractivity contribution >= 4 is 28.5 Å². The van der Waals surface area contributed by atoms with Crippen LogP contribution in [0.3, 0.4) is 0 Å². The summed E-state index contributed by atoms with van der Waals surface area (Å²) in [6.07, 6.45) is 0.334. The molecule has 0 saturated carbocycles. The van der Waals surface area contributed by atoms with Gasteiger partial charge in [-0.1, -0.05) is 23.2 Å². The molecule has 0 atom stereocenters. The average Bonchev–Trinajstić information content (AvgIpc) is 2.60. The number of hydrogen-bond donors (Lipinski definition) is 1. The van der Waals surface area contributed by atoms with Crippen LogP contribution in [0.25, 0.3) is 0 Å². The van der Waals surface area contributed by atoms with Crippen molar-refractivity contribution in [1.82, 2.24) is 0 Å². The minimum Gasteiger partial charge on any atom is -0.369 e. The van der Waals surface area contributed by atoms with Crippen molar-refractivity contribution in [2.45, 2.75) is 6.42 Å². The molecule has 0 radical (unpaired) electrons. The zero-order chi connectivity index (χ0) is 12.1. The molecule has 6 nitrogen and oxygen atoms in total.